The van der Waals surface area contributed by atoms with Gasteiger partial charge in [0.1, 0.15) is 11.4 Å². The zero-order chi connectivity index (χ0) is 22.8. The molecule has 4 aromatic rings. The molecule has 0 unspecified atom stereocenters. The van der Waals surface area contributed by atoms with Crippen molar-refractivity contribution in [2.75, 3.05) is 11.9 Å². The number of hydrogen-bond donors (Lipinski definition) is 1. The van der Waals surface area contributed by atoms with Gasteiger partial charge in [-0.3, -0.25) is 4.90 Å². The molecule has 1 aliphatic rings. The molecule has 0 aliphatic carbocycles. The van der Waals surface area contributed by atoms with E-state index in [-0.39, 0.29) is 5.41 Å². The average molecular weight is 461 g/mol. The van der Waals surface area contributed by atoms with E-state index in [1.54, 1.807) is 23.8 Å². The highest BCUT2D eigenvalue weighted by Gasteiger charge is 2.23. The molecule has 0 fully saturated rings. The average Bonchev–Trinajstić information content (AvgIpc) is 3.44. The number of ether oxygens (including phenoxy) is 1. The zero-order valence-electron chi connectivity index (χ0n) is 19.2. The summed E-state index contributed by atoms with van der Waals surface area (Å²) in [6.07, 6.45) is 6.24. The minimum Gasteiger partial charge on any atom is -0.472 e. The first-order valence-electron chi connectivity index (χ1n) is 11.2. The van der Waals surface area contributed by atoms with Crippen molar-refractivity contribution in [1.29, 1.82) is 0 Å². The monoisotopic (exact) mass is 460 g/mol. The predicted octanol–water partition coefficient (Wildman–Crippen LogP) is 6.52. The topological polar surface area (TPSA) is 63.4 Å². The fourth-order valence-electron chi connectivity index (χ4n) is 4.04. The van der Waals surface area contributed by atoms with Gasteiger partial charge in [-0.1, -0.05) is 39.0 Å². The van der Waals surface area contributed by atoms with Crippen LogP contribution < -0.4 is 10.1 Å². The molecule has 0 bridgehead atoms. The van der Waals surface area contributed by atoms with E-state index in [1.165, 1.54) is 16.1 Å². The van der Waals surface area contributed by atoms with Gasteiger partial charge in [0, 0.05) is 48.3 Å². The Morgan fingerprint density at radius 1 is 1.15 bits per heavy atom. The number of nitrogens with zero attached hydrogens (tertiary/aromatic N) is 3. The van der Waals surface area contributed by atoms with Gasteiger partial charge in [-0.25, -0.2) is 9.97 Å². The number of para-hydroxylation sites is 1. The van der Waals surface area contributed by atoms with E-state index in [0.29, 0.717) is 5.88 Å². The molecule has 6 nitrogen and oxygen atoms in total. The zero-order valence-corrected chi connectivity index (χ0v) is 20.0. The summed E-state index contributed by atoms with van der Waals surface area (Å²) in [5, 5.41) is 4.32. The molecule has 0 radical (unpaired) electrons. The van der Waals surface area contributed by atoms with Crippen LogP contribution in [0.2, 0.25) is 0 Å². The lowest BCUT2D eigenvalue weighted by atomic mass is 9.86. The number of thiazole rings is 1. The van der Waals surface area contributed by atoms with E-state index in [0.717, 1.165) is 48.2 Å². The van der Waals surface area contributed by atoms with Crippen molar-refractivity contribution in [3.63, 3.8) is 0 Å². The smallest absolute Gasteiger partial charge is 0.243 e. The van der Waals surface area contributed by atoms with Gasteiger partial charge >= 0.3 is 0 Å². The summed E-state index contributed by atoms with van der Waals surface area (Å²) in [5.74, 6) is 1.36. The fourth-order valence-corrected chi connectivity index (χ4v) is 5.10. The molecule has 7 heteroatoms. The summed E-state index contributed by atoms with van der Waals surface area (Å²) >= 11 is 1.70. The molecule has 170 valence electrons. The third-order valence-corrected chi connectivity index (χ3v) is 6.71. The van der Waals surface area contributed by atoms with Crippen molar-refractivity contribution in [1.82, 2.24) is 14.9 Å². The first kappa shape index (κ1) is 21.7. The minimum atomic E-state index is -0.0321. The van der Waals surface area contributed by atoms with E-state index in [9.17, 15) is 0 Å². The van der Waals surface area contributed by atoms with Crippen molar-refractivity contribution in [2.24, 2.45) is 0 Å². The lowest BCUT2D eigenvalue weighted by Gasteiger charge is -2.25. The van der Waals surface area contributed by atoms with E-state index in [4.69, 9.17) is 14.1 Å². The molecule has 3 aromatic heterocycles. The van der Waals surface area contributed by atoms with Gasteiger partial charge in [0.05, 0.1) is 18.2 Å². The number of benzene rings is 1. The molecular weight excluding hydrogens is 432 g/mol. The molecule has 1 N–H and O–H groups in total. The number of anilines is 2. The van der Waals surface area contributed by atoms with Crippen molar-refractivity contribution < 1.29 is 9.15 Å². The molecule has 33 heavy (non-hydrogen) atoms. The third-order valence-electron chi connectivity index (χ3n) is 5.71. The van der Waals surface area contributed by atoms with Crippen LogP contribution in [0.15, 0.2) is 65.6 Å². The summed E-state index contributed by atoms with van der Waals surface area (Å²) in [4.78, 5) is 13.1. The maximum Gasteiger partial charge on any atom is 0.243 e. The number of nitrogens with one attached hydrogen (secondary N) is 1. The molecule has 1 aliphatic heterocycles. The van der Waals surface area contributed by atoms with Gasteiger partial charge in [-0.15, -0.1) is 11.3 Å². The molecule has 0 saturated carbocycles. The van der Waals surface area contributed by atoms with Crippen LogP contribution in [0.4, 0.5) is 10.8 Å². The van der Waals surface area contributed by atoms with Crippen LogP contribution >= 0.6 is 11.3 Å². The molecule has 5 rings (SSSR count). The van der Waals surface area contributed by atoms with Crippen molar-refractivity contribution in [2.45, 2.75) is 45.7 Å². The molecule has 0 amide bonds. The van der Waals surface area contributed by atoms with E-state index >= 15 is 0 Å². The standard InChI is InChI=1S/C26H28N4O2S/c1-26(2,3)19-7-4-5-9-22(19)32-24-21(8-6-12-27-24)29-25-28-20-10-13-30(16-23(20)33-25)15-18-11-14-31-17-18/h4-9,11-12,14,17H,10,13,15-16H2,1-3H3,(H,28,29). The van der Waals surface area contributed by atoms with Gasteiger partial charge in [0.25, 0.3) is 0 Å². The van der Waals surface area contributed by atoms with Crippen LogP contribution in [-0.4, -0.2) is 21.4 Å². The summed E-state index contributed by atoms with van der Waals surface area (Å²) in [7, 11) is 0. The highest BCUT2D eigenvalue weighted by Crippen LogP contribution is 2.37. The van der Waals surface area contributed by atoms with E-state index in [2.05, 4.69) is 42.0 Å². The molecule has 0 spiro atoms. The first-order chi connectivity index (χ1) is 16.0. The Balaban J connectivity index is 1.34. The third kappa shape index (κ3) is 4.94. The number of rotatable bonds is 6. The first-order valence-corrected chi connectivity index (χ1v) is 12.0. The largest absolute Gasteiger partial charge is 0.472 e. The summed E-state index contributed by atoms with van der Waals surface area (Å²) < 4.78 is 11.5. The molecule has 0 saturated heterocycles. The SMILES string of the molecule is CC(C)(C)c1ccccc1Oc1ncccc1Nc1nc2c(s1)CN(Cc1ccoc1)CC2. The van der Waals surface area contributed by atoms with Gasteiger partial charge in [-0.2, -0.15) is 0 Å². The summed E-state index contributed by atoms with van der Waals surface area (Å²) in [6, 6.07) is 14.0. The van der Waals surface area contributed by atoms with Gasteiger partial charge < -0.3 is 14.5 Å². The van der Waals surface area contributed by atoms with E-state index in [1.807, 2.05) is 42.7 Å². The lowest BCUT2D eigenvalue weighted by molar-refractivity contribution is 0.246. The van der Waals surface area contributed by atoms with Crippen LogP contribution in [0.1, 0.15) is 42.5 Å². The number of fused-ring (bicyclic) bond motifs is 1. The predicted molar refractivity (Wildman–Crippen MR) is 131 cm³/mol. The summed E-state index contributed by atoms with van der Waals surface area (Å²) in [5.41, 5.74) is 4.30. The normalized spacial score (nSPS) is 14.2. The molecule has 1 aromatic carbocycles. The Hall–Kier alpha value is -3.16. The highest BCUT2D eigenvalue weighted by molar-refractivity contribution is 7.15. The Kier molecular flexibility index (Phi) is 5.91. The van der Waals surface area contributed by atoms with Crippen molar-refractivity contribution in [3.05, 3.63) is 82.9 Å². The van der Waals surface area contributed by atoms with Crippen LogP contribution in [0.3, 0.4) is 0 Å². The fraction of sp³-hybridized carbons (Fsp3) is 0.308. The second kappa shape index (κ2) is 9.00. The lowest BCUT2D eigenvalue weighted by Crippen LogP contribution is -2.29. The maximum absolute atomic E-state index is 6.30. The maximum atomic E-state index is 6.30. The Bertz CT molecular complexity index is 1230. The van der Waals surface area contributed by atoms with Crippen LogP contribution in [0, 0.1) is 0 Å². The summed E-state index contributed by atoms with van der Waals surface area (Å²) in [6.45, 7) is 9.33. The Labute approximate surface area is 198 Å². The second-order valence-corrected chi connectivity index (χ2v) is 10.4. The second-order valence-electron chi connectivity index (χ2n) is 9.31. The van der Waals surface area contributed by atoms with Gasteiger partial charge in [0.15, 0.2) is 5.13 Å². The number of aromatic nitrogens is 2. The quantitative estimate of drug-likeness (QED) is 0.353. The number of furan rings is 1. The molecule has 4 heterocycles. The van der Waals surface area contributed by atoms with Crippen molar-refractivity contribution >= 4 is 22.2 Å². The van der Waals surface area contributed by atoms with Crippen LogP contribution in [-0.2, 0) is 24.9 Å². The van der Waals surface area contributed by atoms with Gasteiger partial charge in [0.2, 0.25) is 5.88 Å². The van der Waals surface area contributed by atoms with Crippen molar-refractivity contribution in [3.8, 4) is 11.6 Å². The van der Waals surface area contributed by atoms with Crippen LogP contribution in [0.5, 0.6) is 11.6 Å². The molecule has 0 atom stereocenters. The van der Waals surface area contributed by atoms with E-state index < -0.39 is 0 Å². The number of pyridine rings is 1. The minimum absolute atomic E-state index is 0.0321. The molecular formula is C26H28N4O2S. The Morgan fingerprint density at radius 2 is 2.03 bits per heavy atom. The Morgan fingerprint density at radius 3 is 2.85 bits per heavy atom. The number of hydrogen-bond acceptors (Lipinski definition) is 7. The van der Waals surface area contributed by atoms with Crippen LogP contribution in [0.25, 0.3) is 0 Å². The highest BCUT2D eigenvalue weighted by atomic mass is 32.1. The van der Waals surface area contributed by atoms with Gasteiger partial charge in [-0.05, 0) is 29.7 Å².